The van der Waals surface area contributed by atoms with E-state index in [4.69, 9.17) is 0 Å². The maximum absolute atomic E-state index is 13.3. The normalized spacial score (nSPS) is 20.7. The first kappa shape index (κ1) is 17.3. The Balaban J connectivity index is 1.57. The lowest BCUT2D eigenvalue weighted by atomic mass is 9.99. The maximum Gasteiger partial charge on any atom is 0.255 e. The second-order valence-electron chi connectivity index (χ2n) is 7.18. The van der Waals surface area contributed by atoms with Gasteiger partial charge in [0.05, 0.1) is 5.56 Å². The van der Waals surface area contributed by atoms with Crippen molar-refractivity contribution in [3.8, 4) is 11.1 Å². The minimum absolute atomic E-state index is 0.101. The van der Waals surface area contributed by atoms with Crippen LogP contribution >= 0.6 is 11.3 Å². The van der Waals surface area contributed by atoms with E-state index < -0.39 is 0 Å². The largest absolute Gasteiger partial charge is 0.338 e. The van der Waals surface area contributed by atoms with Gasteiger partial charge in [0, 0.05) is 47.9 Å². The van der Waals surface area contributed by atoms with Crippen LogP contribution in [0, 0.1) is 6.92 Å². The quantitative estimate of drug-likeness (QED) is 0.823. The average Bonchev–Trinajstić information content (AvgIpc) is 3.27. The summed E-state index contributed by atoms with van der Waals surface area (Å²) in [4.78, 5) is 30.5. The first-order chi connectivity index (χ1) is 12.6. The molecular formula is C21H24N2O2S. The number of hydrogen-bond donors (Lipinski definition) is 0. The van der Waals surface area contributed by atoms with Crippen LogP contribution in [0.5, 0.6) is 0 Å². The molecule has 1 aromatic heterocycles. The number of piperidine rings is 1. The van der Waals surface area contributed by atoms with Crippen molar-refractivity contribution in [3.63, 3.8) is 0 Å². The number of hydrogen-bond acceptors (Lipinski definition) is 3. The molecule has 136 valence electrons. The topological polar surface area (TPSA) is 40.6 Å². The number of benzene rings is 1. The number of likely N-dealkylation sites (tertiary alicyclic amines) is 2. The Morgan fingerprint density at radius 3 is 2.69 bits per heavy atom. The van der Waals surface area contributed by atoms with Crippen LogP contribution in [0.1, 0.15) is 40.9 Å². The molecule has 1 unspecified atom stereocenters. The fraction of sp³-hybridized carbons (Fsp3) is 0.429. The first-order valence-corrected chi connectivity index (χ1v) is 10.3. The van der Waals surface area contributed by atoms with E-state index in [0.717, 1.165) is 49.0 Å². The van der Waals surface area contributed by atoms with E-state index in [0.29, 0.717) is 13.0 Å². The molecule has 0 spiro atoms. The maximum atomic E-state index is 13.3. The summed E-state index contributed by atoms with van der Waals surface area (Å²) in [6.45, 7) is 4.36. The summed E-state index contributed by atoms with van der Waals surface area (Å²) in [5.41, 5.74) is 2.95. The zero-order valence-corrected chi connectivity index (χ0v) is 15.9. The average molecular weight is 369 g/mol. The molecule has 2 amide bonds. The Morgan fingerprint density at radius 2 is 1.96 bits per heavy atom. The molecule has 2 aliphatic heterocycles. The van der Waals surface area contributed by atoms with Crippen LogP contribution < -0.4 is 0 Å². The second kappa shape index (κ2) is 7.23. The highest BCUT2D eigenvalue weighted by Crippen LogP contribution is 2.34. The van der Waals surface area contributed by atoms with Crippen molar-refractivity contribution in [1.82, 2.24) is 9.80 Å². The molecule has 2 aliphatic rings. The Labute approximate surface area is 158 Å². The minimum Gasteiger partial charge on any atom is -0.338 e. The van der Waals surface area contributed by atoms with Crippen molar-refractivity contribution < 1.29 is 9.59 Å². The molecule has 0 bridgehead atoms. The standard InChI is InChI=1S/C21H24N2O2S/c1-15-20(16-7-3-2-4-8-16)18(14-26-15)21(25)22-11-5-9-17(13-22)23-12-6-10-19(23)24/h2-4,7-8,14,17H,5-6,9-13H2,1H3. The summed E-state index contributed by atoms with van der Waals surface area (Å²) in [6.07, 6.45) is 3.57. The van der Waals surface area contributed by atoms with Gasteiger partial charge in [0.15, 0.2) is 0 Å². The summed E-state index contributed by atoms with van der Waals surface area (Å²) >= 11 is 1.63. The van der Waals surface area contributed by atoms with Gasteiger partial charge in [-0.1, -0.05) is 30.3 Å². The fourth-order valence-corrected chi connectivity index (χ4v) is 5.05. The monoisotopic (exact) mass is 368 g/mol. The zero-order chi connectivity index (χ0) is 18.1. The van der Waals surface area contributed by atoms with Gasteiger partial charge < -0.3 is 9.80 Å². The van der Waals surface area contributed by atoms with Crippen LogP contribution in [-0.2, 0) is 4.79 Å². The lowest BCUT2D eigenvalue weighted by Crippen LogP contribution is -2.50. The van der Waals surface area contributed by atoms with Crippen molar-refractivity contribution in [3.05, 3.63) is 46.2 Å². The number of thiophene rings is 1. The highest BCUT2D eigenvalue weighted by molar-refractivity contribution is 7.10. The number of nitrogens with zero attached hydrogens (tertiary/aromatic N) is 2. The lowest BCUT2D eigenvalue weighted by molar-refractivity contribution is -0.130. The minimum atomic E-state index is 0.101. The molecule has 4 rings (SSSR count). The van der Waals surface area contributed by atoms with Crippen LogP contribution in [0.15, 0.2) is 35.7 Å². The van der Waals surface area contributed by atoms with Crippen molar-refractivity contribution in [2.45, 2.75) is 38.6 Å². The van der Waals surface area contributed by atoms with Crippen LogP contribution in [-0.4, -0.2) is 47.3 Å². The van der Waals surface area contributed by atoms with Gasteiger partial charge in [0.1, 0.15) is 0 Å². The Morgan fingerprint density at radius 1 is 1.15 bits per heavy atom. The Hall–Kier alpha value is -2.14. The predicted octanol–water partition coefficient (Wildman–Crippen LogP) is 3.95. The van der Waals surface area contributed by atoms with Crippen LogP contribution in [0.2, 0.25) is 0 Å². The molecule has 2 fully saturated rings. The van der Waals surface area contributed by atoms with E-state index in [1.165, 1.54) is 4.88 Å². The van der Waals surface area contributed by atoms with Gasteiger partial charge in [0.25, 0.3) is 5.91 Å². The van der Waals surface area contributed by atoms with Crippen molar-refractivity contribution in [2.75, 3.05) is 19.6 Å². The van der Waals surface area contributed by atoms with Crippen molar-refractivity contribution in [2.24, 2.45) is 0 Å². The first-order valence-electron chi connectivity index (χ1n) is 9.37. The molecular weight excluding hydrogens is 344 g/mol. The van der Waals surface area contributed by atoms with E-state index in [9.17, 15) is 9.59 Å². The molecule has 0 aliphatic carbocycles. The van der Waals surface area contributed by atoms with Gasteiger partial charge in [-0.25, -0.2) is 0 Å². The van der Waals surface area contributed by atoms with E-state index in [1.54, 1.807) is 11.3 Å². The molecule has 2 saturated heterocycles. The number of aryl methyl sites for hydroxylation is 1. The molecule has 0 N–H and O–H groups in total. The highest BCUT2D eigenvalue weighted by atomic mass is 32.1. The summed E-state index contributed by atoms with van der Waals surface area (Å²) < 4.78 is 0. The third-order valence-electron chi connectivity index (χ3n) is 5.50. The highest BCUT2D eigenvalue weighted by Gasteiger charge is 2.33. The molecule has 0 saturated carbocycles. The Bertz CT molecular complexity index is 815. The van der Waals surface area contributed by atoms with E-state index in [1.807, 2.05) is 33.4 Å². The van der Waals surface area contributed by atoms with Crippen molar-refractivity contribution in [1.29, 1.82) is 0 Å². The molecule has 3 heterocycles. The van der Waals surface area contributed by atoms with E-state index in [2.05, 4.69) is 19.1 Å². The molecule has 1 aromatic carbocycles. The summed E-state index contributed by atoms with van der Waals surface area (Å²) in [6, 6.07) is 10.3. The number of rotatable bonds is 3. The molecule has 1 atom stereocenters. The van der Waals surface area contributed by atoms with E-state index in [-0.39, 0.29) is 17.9 Å². The smallest absolute Gasteiger partial charge is 0.255 e. The van der Waals surface area contributed by atoms with Gasteiger partial charge in [-0.05, 0) is 31.7 Å². The number of carbonyl (C=O) groups is 2. The summed E-state index contributed by atoms with van der Waals surface area (Å²) in [7, 11) is 0. The van der Waals surface area contributed by atoms with Gasteiger partial charge in [-0.3, -0.25) is 9.59 Å². The van der Waals surface area contributed by atoms with E-state index >= 15 is 0 Å². The third-order valence-corrected chi connectivity index (χ3v) is 6.41. The Kier molecular flexibility index (Phi) is 4.81. The zero-order valence-electron chi connectivity index (χ0n) is 15.1. The SMILES string of the molecule is Cc1scc(C(=O)N2CCCC(N3CCCC3=O)C2)c1-c1ccccc1. The van der Waals surface area contributed by atoms with Gasteiger partial charge in [0.2, 0.25) is 5.91 Å². The number of carbonyl (C=O) groups excluding carboxylic acids is 2. The molecule has 26 heavy (non-hydrogen) atoms. The van der Waals surface area contributed by atoms with Crippen LogP contribution in [0.25, 0.3) is 11.1 Å². The summed E-state index contributed by atoms with van der Waals surface area (Å²) in [5, 5.41) is 1.99. The van der Waals surface area contributed by atoms with Crippen molar-refractivity contribution >= 4 is 23.2 Å². The molecule has 2 aromatic rings. The second-order valence-corrected chi connectivity index (χ2v) is 8.27. The van der Waals surface area contributed by atoms with Crippen LogP contribution in [0.4, 0.5) is 0 Å². The molecule has 4 nitrogen and oxygen atoms in total. The predicted molar refractivity (Wildman–Crippen MR) is 104 cm³/mol. The van der Waals surface area contributed by atoms with Gasteiger partial charge in [-0.2, -0.15) is 0 Å². The molecule has 5 heteroatoms. The van der Waals surface area contributed by atoms with Crippen LogP contribution in [0.3, 0.4) is 0 Å². The fourth-order valence-electron chi connectivity index (χ4n) is 4.19. The van der Waals surface area contributed by atoms with Gasteiger partial charge in [-0.15, -0.1) is 11.3 Å². The lowest BCUT2D eigenvalue weighted by Gasteiger charge is -2.37. The third kappa shape index (κ3) is 3.16. The van der Waals surface area contributed by atoms with Gasteiger partial charge >= 0.3 is 0 Å². The summed E-state index contributed by atoms with van der Waals surface area (Å²) in [5.74, 6) is 0.352. The molecule has 0 radical (unpaired) electrons. The number of amides is 2.